The highest BCUT2D eigenvalue weighted by atomic mass is 35.5. The van der Waals surface area contributed by atoms with E-state index >= 15 is 0 Å². The first-order valence-electron chi connectivity index (χ1n) is 5.29. The average molecular weight is 243 g/mol. The lowest BCUT2D eigenvalue weighted by Gasteiger charge is -2.04. The summed E-state index contributed by atoms with van der Waals surface area (Å²) in [6.45, 7) is 3.60. The van der Waals surface area contributed by atoms with Gasteiger partial charge in [-0.2, -0.15) is 0 Å². The molecule has 0 saturated carbocycles. The van der Waals surface area contributed by atoms with E-state index in [0.717, 1.165) is 25.1 Å². The molecule has 0 radical (unpaired) electrons. The third-order valence-electron chi connectivity index (χ3n) is 2.13. The van der Waals surface area contributed by atoms with Gasteiger partial charge in [-0.15, -0.1) is 12.4 Å². The summed E-state index contributed by atoms with van der Waals surface area (Å²) in [6.07, 6.45) is 0.962. The van der Waals surface area contributed by atoms with Crippen molar-refractivity contribution in [3.05, 3.63) is 35.4 Å². The Morgan fingerprint density at radius 2 is 1.88 bits per heavy atom. The summed E-state index contributed by atoms with van der Waals surface area (Å²) in [5.74, 6) is 0.00728. The largest absolute Gasteiger partial charge is 0.352 e. The standard InChI is InChI=1S/C12H18N2O.ClH/c1-3-8-14-12(15)11-6-4-10(5-7-11)9-13-2;/h4-7,13H,3,8-9H2,1-2H3,(H,14,15);1H. The zero-order valence-electron chi connectivity index (χ0n) is 9.75. The van der Waals surface area contributed by atoms with Gasteiger partial charge in [-0.05, 0) is 31.2 Å². The maximum atomic E-state index is 11.5. The molecule has 0 spiro atoms. The predicted octanol–water partition coefficient (Wildman–Crippen LogP) is 1.97. The van der Waals surface area contributed by atoms with Crippen LogP contribution in [-0.4, -0.2) is 19.5 Å². The van der Waals surface area contributed by atoms with Crippen molar-refractivity contribution in [2.45, 2.75) is 19.9 Å². The number of carbonyl (C=O) groups is 1. The zero-order valence-corrected chi connectivity index (χ0v) is 10.6. The summed E-state index contributed by atoms with van der Waals surface area (Å²) in [5, 5.41) is 5.91. The summed E-state index contributed by atoms with van der Waals surface area (Å²) < 4.78 is 0. The molecule has 0 aliphatic rings. The van der Waals surface area contributed by atoms with Gasteiger partial charge in [0.1, 0.15) is 0 Å². The fourth-order valence-electron chi connectivity index (χ4n) is 1.32. The molecular weight excluding hydrogens is 224 g/mol. The Morgan fingerprint density at radius 1 is 1.25 bits per heavy atom. The normalized spacial score (nSPS) is 9.38. The van der Waals surface area contributed by atoms with E-state index in [1.807, 2.05) is 38.2 Å². The van der Waals surface area contributed by atoms with Crippen LogP contribution in [0.5, 0.6) is 0 Å². The summed E-state index contributed by atoms with van der Waals surface area (Å²) >= 11 is 0. The number of amides is 1. The molecule has 2 N–H and O–H groups in total. The maximum Gasteiger partial charge on any atom is 0.251 e. The SMILES string of the molecule is CCCNC(=O)c1ccc(CNC)cc1.Cl. The van der Waals surface area contributed by atoms with Crippen molar-refractivity contribution in [1.82, 2.24) is 10.6 Å². The van der Waals surface area contributed by atoms with Gasteiger partial charge in [0.05, 0.1) is 0 Å². The van der Waals surface area contributed by atoms with Gasteiger partial charge in [-0.3, -0.25) is 4.79 Å². The van der Waals surface area contributed by atoms with Gasteiger partial charge >= 0.3 is 0 Å². The van der Waals surface area contributed by atoms with E-state index < -0.39 is 0 Å². The Kier molecular flexibility index (Phi) is 7.60. The lowest BCUT2D eigenvalue weighted by molar-refractivity contribution is 0.0953. The van der Waals surface area contributed by atoms with E-state index in [2.05, 4.69) is 10.6 Å². The van der Waals surface area contributed by atoms with Crippen molar-refractivity contribution in [3.8, 4) is 0 Å². The van der Waals surface area contributed by atoms with Crippen LogP contribution in [0.2, 0.25) is 0 Å². The third kappa shape index (κ3) is 4.64. The van der Waals surface area contributed by atoms with Crippen LogP contribution >= 0.6 is 12.4 Å². The molecule has 16 heavy (non-hydrogen) atoms. The van der Waals surface area contributed by atoms with Crippen molar-refractivity contribution < 1.29 is 4.79 Å². The second-order valence-corrected chi connectivity index (χ2v) is 3.48. The molecule has 3 nitrogen and oxygen atoms in total. The predicted molar refractivity (Wildman–Crippen MR) is 69.1 cm³/mol. The maximum absolute atomic E-state index is 11.5. The molecular formula is C12H19ClN2O. The van der Waals surface area contributed by atoms with Crippen LogP contribution in [0.15, 0.2) is 24.3 Å². The van der Waals surface area contributed by atoms with Crippen molar-refractivity contribution >= 4 is 18.3 Å². The first-order chi connectivity index (χ1) is 7.27. The van der Waals surface area contributed by atoms with Crippen LogP contribution < -0.4 is 10.6 Å². The van der Waals surface area contributed by atoms with Crippen LogP contribution in [0.4, 0.5) is 0 Å². The van der Waals surface area contributed by atoms with E-state index in [9.17, 15) is 4.79 Å². The lowest BCUT2D eigenvalue weighted by Crippen LogP contribution is -2.23. The van der Waals surface area contributed by atoms with Crippen LogP contribution in [0, 0.1) is 0 Å². The van der Waals surface area contributed by atoms with E-state index in [0.29, 0.717) is 0 Å². The minimum Gasteiger partial charge on any atom is -0.352 e. The monoisotopic (exact) mass is 242 g/mol. The smallest absolute Gasteiger partial charge is 0.251 e. The first kappa shape index (κ1) is 14.9. The molecule has 90 valence electrons. The number of nitrogens with one attached hydrogen (secondary N) is 2. The number of hydrogen-bond acceptors (Lipinski definition) is 2. The lowest BCUT2D eigenvalue weighted by atomic mass is 10.1. The molecule has 4 heteroatoms. The molecule has 0 bridgehead atoms. The van der Waals surface area contributed by atoms with Gasteiger partial charge in [-0.25, -0.2) is 0 Å². The number of halogens is 1. The molecule has 0 aromatic heterocycles. The van der Waals surface area contributed by atoms with Gasteiger partial charge in [0.15, 0.2) is 0 Å². The Balaban J connectivity index is 0.00000225. The molecule has 1 amide bonds. The topological polar surface area (TPSA) is 41.1 Å². The van der Waals surface area contributed by atoms with Crippen molar-refractivity contribution in [1.29, 1.82) is 0 Å². The number of hydrogen-bond donors (Lipinski definition) is 2. The number of benzene rings is 1. The van der Waals surface area contributed by atoms with Crippen molar-refractivity contribution in [3.63, 3.8) is 0 Å². The van der Waals surface area contributed by atoms with Crippen LogP contribution in [0.25, 0.3) is 0 Å². The summed E-state index contributed by atoms with van der Waals surface area (Å²) in [6, 6.07) is 7.66. The van der Waals surface area contributed by atoms with Crippen molar-refractivity contribution in [2.75, 3.05) is 13.6 Å². The van der Waals surface area contributed by atoms with Gasteiger partial charge in [0.25, 0.3) is 5.91 Å². The number of rotatable bonds is 5. The van der Waals surface area contributed by atoms with E-state index in [1.165, 1.54) is 5.56 Å². The molecule has 0 fully saturated rings. The molecule has 0 unspecified atom stereocenters. The summed E-state index contributed by atoms with van der Waals surface area (Å²) in [7, 11) is 1.90. The Morgan fingerprint density at radius 3 is 2.38 bits per heavy atom. The first-order valence-corrected chi connectivity index (χ1v) is 5.29. The quantitative estimate of drug-likeness (QED) is 0.829. The fraction of sp³-hybridized carbons (Fsp3) is 0.417. The molecule has 0 saturated heterocycles. The Hall–Kier alpha value is -1.06. The zero-order chi connectivity index (χ0) is 11.1. The van der Waals surface area contributed by atoms with Gasteiger partial charge in [0, 0.05) is 18.7 Å². The van der Waals surface area contributed by atoms with Crippen LogP contribution in [-0.2, 0) is 6.54 Å². The minimum absolute atomic E-state index is 0. The Bertz CT molecular complexity index is 311. The molecule has 0 aliphatic heterocycles. The van der Waals surface area contributed by atoms with E-state index in [1.54, 1.807) is 0 Å². The van der Waals surface area contributed by atoms with Crippen LogP contribution in [0.1, 0.15) is 29.3 Å². The van der Waals surface area contributed by atoms with Crippen LogP contribution in [0.3, 0.4) is 0 Å². The van der Waals surface area contributed by atoms with Crippen molar-refractivity contribution in [2.24, 2.45) is 0 Å². The molecule has 0 atom stereocenters. The summed E-state index contributed by atoms with van der Waals surface area (Å²) in [4.78, 5) is 11.5. The van der Waals surface area contributed by atoms with Gasteiger partial charge in [-0.1, -0.05) is 19.1 Å². The highest BCUT2D eigenvalue weighted by Gasteiger charge is 2.03. The average Bonchev–Trinajstić information content (AvgIpc) is 2.27. The molecule has 0 aliphatic carbocycles. The molecule has 1 aromatic rings. The summed E-state index contributed by atoms with van der Waals surface area (Å²) in [5.41, 5.74) is 1.91. The second kappa shape index (κ2) is 8.13. The number of carbonyl (C=O) groups excluding carboxylic acids is 1. The Labute approximate surface area is 103 Å². The highest BCUT2D eigenvalue weighted by Crippen LogP contribution is 2.04. The molecule has 0 heterocycles. The van der Waals surface area contributed by atoms with Gasteiger partial charge in [0.2, 0.25) is 0 Å². The van der Waals surface area contributed by atoms with E-state index in [-0.39, 0.29) is 18.3 Å². The second-order valence-electron chi connectivity index (χ2n) is 3.48. The third-order valence-corrected chi connectivity index (χ3v) is 2.13. The fourth-order valence-corrected chi connectivity index (χ4v) is 1.32. The van der Waals surface area contributed by atoms with Gasteiger partial charge < -0.3 is 10.6 Å². The molecule has 1 rings (SSSR count). The minimum atomic E-state index is 0. The van der Waals surface area contributed by atoms with E-state index in [4.69, 9.17) is 0 Å². The highest BCUT2D eigenvalue weighted by molar-refractivity contribution is 5.94. The molecule has 1 aromatic carbocycles.